The molecule has 1 aliphatic rings. The first kappa shape index (κ1) is 21.6. The second-order valence-electron chi connectivity index (χ2n) is 7.93. The third-order valence-corrected chi connectivity index (χ3v) is 5.28. The molecule has 0 amide bonds. The Morgan fingerprint density at radius 1 is 1.12 bits per heavy atom. The molecular weight excluding hydrogens is 444 g/mol. The van der Waals surface area contributed by atoms with Crippen molar-refractivity contribution >= 4 is 10.9 Å². The van der Waals surface area contributed by atoms with Gasteiger partial charge in [0.2, 0.25) is 18.5 Å². The van der Waals surface area contributed by atoms with Crippen molar-refractivity contribution in [3.8, 4) is 34.4 Å². The highest BCUT2D eigenvalue weighted by atomic mass is 16.7. The van der Waals surface area contributed by atoms with Crippen LogP contribution in [-0.4, -0.2) is 39.7 Å². The van der Waals surface area contributed by atoms with Crippen molar-refractivity contribution in [3.05, 3.63) is 57.1 Å². The average Bonchev–Trinajstić information content (AvgIpc) is 3.47. The summed E-state index contributed by atoms with van der Waals surface area (Å²) in [5.41, 5.74) is 0.0815. The van der Waals surface area contributed by atoms with Crippen LogP contribution in [0.15, 0.2) is 44.4 Å². The summed E-state index contributed by atoms with van der Waals surface area (Å²) in [6.07, 6.45) is 0.192. The van der Waals surface area contributed by atoms with Crippen LogP contribution in [0.3, 0.4) is 0 Å². The van der Waals surface area contributed by atoms with Crippen LogP contribution in [0.4, 0.5) is 0 Å². The lowest BCUT2D eigenvalue weighted by molar-refractivity contribution is 0.174. The van der Waals surface area contributed by atoms with E-state index < -0.39 is 11.2 Å². The van der Waals surface area contributed by atoms with Crippen LogP contribution in [0.1, 0.15) is 19.7 Å². The van der Waals surface area contributed by atoms with Gasteiger partial charge in [0.15, 0.2) is 23.0 Å². The summed E-state index contributed by atoms with van der Waals surface area (Å²) in [5, 5.41) is 4.34. The van der Waals surface area contributed by atoms with Crippen LogP contribution < -0.4 is 30.2 Å². The molecule has 0 bridgehead atoms. The number of aromatic amines is 1. The minimum absolute atomic E-state index is 0.0000293. The number of hydrogen-bond acceptors (Lipinski definition) is 9. The maximum atomic E-state index is 12.9. The van der Waals surface area contributed by atoms with Gasteiger partial charge in [0.1, 0.15) is 0 Å². The molecule has 0 unspecified atom stereocenters. The number of hydrogen-bond donors (Lipinski definition) is 1. The van der Waals surface area contributed by atoms with Gasteiger partial charge >= 0.3 is 5.69 Å². The van der Waals surface area contributed by atoms with Crippen molar-refractivity contribution in [2.75, 3.05) is 13.9 Å². The number of methoxy groups -OCH3 is 1. The number of rotatable bonds is 7. The van der Waals surface area contributed by atoms with E-state index >= 15 is 0 Å². The molecule has 0 atom stereocenters. The van der Waals surface area contributed by atoms with Gasteiger partial charge in [-0.05, 0) is 38.1 Å². The van der Waals surface area contributed by atoms with E-state index in [1.165, 1.54) is 0 Å². The van der Waals surface area contributed by atoms with Crippen LogP contribution in [0, 0.1) is 0 Å². The van der Waals surface area contributed by atoms with Gasteiger partial charge in [0.05, 0.1) is 24.1 Å². The van der Waals surface area contributed by atoms with Crippen molar-refractivity contribution in [2.24, 2.45) is 0 Å². The molecule has 176 valence electrons. The highest BCUT2D eigenvalue weighted by molar-refractivity contribution is 5.81. The Morgan fingerprint density at radius 2 is 1.91 bits per heavy atom. The summed E-state index contributed by atoms with van der Waals surface area (Å²) < 4.78 is 28.2. The molecule has 0 radical (unpaired) electrons. The van der Waals surface area contributed by atoms with Gasteiger partial charge in [0, 0.05) is 24.6 Å². The topological polar surface area (TPSA) is 131 Å². The first-order valence-corrected chi connectivity index (χ1v) is 10.7. The minimum Gasteiger partial charge on any atom is -0.493 e. The predicted molar refractivity (Wildman–Crippen MR) is 121 cm³/mol. The zero-order valence-electron chi connectivity index (χ0n) is 18.8. The smallest absolute Gasteiger partial charge is 0.328 e. The van der Waals surface area contributed by atoms with Gasteiger partial charge in [-0.25, -0.2) is 4.79 Å². The predicted octanol–water partition coefficient (Wildman–Crippen LogP) is 2.51. The summed E-state index contributed by atoms with van der Waals surface area (Å²) in [6.45, 7) is 3.99. The summed E-state index contributed by atoms with van der Waals surface area (Å²) in [5.74, 6) is 2.75. The number of nitrogens with one attached hydrogen (secondary N) is 1. The molecule has 2 aromatic carbocycles. The van der Waals surface area contributed by atoms with Crippen LogP contribution in [0.2, 0.25) is 0 Å². The zero-order chi connectivity index (χ0) is 23.8. The van der Waals surface area contributed by atoms with Gasteiger partial charge in [-0.2, -0.15) is 4.98 Å². The standard InChI is InChI=1S/C23H22N4O7/c1-12(2)33-16-5-4-13(8-17(16)30-3)21-25-20(34-26-21)6-7-27-22(28)14-9-18-19(32-11-31-18)10-15(14)24-23(27)29/h4-5,8-10,12H,6-7,11H2,1-3H3,(H,24,29). The number of nitrogens with zero attached hydrogens (tertiary/aromatic N) is 3. The number of benzene rings is 2. The molecule has 11 nitrogen and oxygen atoms in total. The van der Waals surface area contributed by atoms with Gasteiger partial charge < -0.3 is 28.5 Å². The SMILES string of the molecule is COc1cc(-c2noc(CCn3c(=O)[nH]c4cc5c(cc4c3=O)OCO5)n2)ccc1OC(C)C. The Balaban J connectivity index is 1.37. The highest BCUT2D eigenvalue weighted by Crippen LogP contribution is 2.34. The van der Waals surface area contributed by atoms with Crippen molar-refractivity contribution in [2.45, 2.75) is 32.9 Å². The van der Waals surface area contributed by atoms with E-state index in [9.17, 15) is 9.59 Å². The second kappa shape index (κ2) is 8.58. The zero-order valence-corrected chi connectivity index (χ0v) is 18.8. The number of ether oxygens (including phenoxy) is 4. The average molecular weight is 466 g/mol. The fourth-order valence-corrected chi connectivity index (χ4v) is 3.68. The molecule has 0 spiro atoms. The first-order chi connectivity index (χ1) is 16.4. The first-order valence-electron chi connectivity index (χ1n) is 10.7. The highest BCUT2D eigenvalue weighted by Gasteiger charge is 2.18. The van der Waals surface area contributed by atoms with E-state index in [0.717, 1.165) is 4.57 Å². The lowest BCUT2D eigenvalue weighted by atomic mass is 10.2. The number of aromatic nitrogens is 4. The minimum atomic E-state index is -0.540. The molecule has 34 heavy (non-hydrogen) atoms. The lowest BCUT2D eigenvalue weighted by Gasteiger charge is -2.13. The third kappa shape index (κ3) is 3.96. The van der Waals surface area contributed by atoms with E-state index in [1.807, 2.05) is 13.8 Å². The summed E-state index contributed by atoms with van der Waals surface area (Å²) in [6, 6.07) is 8.49. The van der Waals surface area contributed by atoms with Gasteiger partial charge in [-0.1, -0.05) is 5.16 Å². The number of fused-ring (bicyclic) bond motifs is 2. The fourth-order valence-electron chi connectivity index (χ4n) is 3.68. The van der Waals surface area contributed by atoms with E-state index in [-0.39, 0.29) is 31.8 Å². The van der Waals surface area contributed by atoms with Crippen LogP contribution in [0.25, 0.3) is 22.3 Å². The molecule has 1 aliphatic heterocycles. The van der Waals surface area contributed by atoms with E-state index in [2.05, 4.69) is 15.1 Å². The van der Waals surface area contributed by atoms with Crippen LogP contribution in [0.5, 0.6) is 23.0 Å². The Bertz CT molecular complexity index is 1490. The van der Waals surface area contributed by atoms with E-state index in [4.69, 9.17) is 23.5 Å². The van der Waals surface area contributed by atoms with Crippen molar-refractivity contribution in [1.82, 2.24) is 19.7 Å². The molecule has 5 rings (SSSR count). The largest absolute Gasteiger partial charge is 0.493 e. The Hall–Kier alpha value is -4.28. The van der Waals surface area contributed by atoms with Crippen molar-refractivity contribution in [3.63, 3.8) is 0 Å². The van der Waals surface area contributed by atoms with Gasteiger partial charge in [-0.3, -0.25) is 9.36 Å². The molecule has 0 saturated heterocycles. The second-order valence-corrected chi connectivity index (χ2v) is 7.93. The molecule has 0 fully saturated rings. The van der Waals surface area contributed by atoms with Crippen molar-refractivity contribution < 1.29 is 23.5 Å². The molecule has 11 heteroatoms. The molecule has 0 aliphatic carbocycles. The Labute approximate surface area is 192 Å². The molecule has 1 N–H and O–H groups in total. The maximum absolute atomic E-state index is 12.9. The van der Waals surface area contributed by atoms with E-state index in [0.29, 0.717) is 45.3 Å². The van der Waals surface area contributed by atoms with Crippen LogP contribution in [-0.2, 0) is 13.0 Å². The third-order valence-electron chi connectivity index (χ3n) is 5.28. The van der Waals surface area contributed by atoms with E-state index in [1.54, 1.807) is 37.4 Å². The quantitative estimate of drug-likeness (QED) is 0.436. The molecule has 4 aromatic rings. The summed E-state index contributed by atoms with van der Waals surface area (Å²) in [4.78, 5) is 32.6. The molecule has 3 heterocycles. The molecular formula is C23H22N4O7. The maximum Gasteiger partial charge on any atom is 0.328 e. The summed E-state index contributed by atoms with van der Waals surface area (Å²) in [7, 11) is 1.56. The number of H-pyrrole nitrogens is 1. The fraction of sp³-hybridized carbons (Fsp3) is 0.304. The Morgan fingerprint density at radius 3 is 2.68 bits per heavy atom. The van der Waals surface area contributed by atoms with Crippen LogP contribution >= 0.6 is 0 Å². The lowest BCUT2D eigenvalue weighted by Crippen LogP contribution is -2.35. The molecule has 2 aromatic heterocycles. The van der Waals surface area contributed by atoms with Gasteiger partial charge in [0.25, 0.3) is 5.56 Å². The normalized spacial score (nSPS) is 12.5. The number of aryl methyl sites for hydroxylation is 1. The van der Waals surface area contributed by atoms with Crippen molar-refractivity contribution in [1.29, 1.82) is 0 Å². The summed E-state index contributed by atoms with van der Waals surface area (Å²) >= 11 is 0. The van der Waals surface area contributed by atoms with Gasteiger partial charge in [-0.15, -0.1) is 0 Å². The monoisotopic (exact) mass is 466 g/mol. The molecule has 0 saturated carbocycles. The Kier molecular flexibility index (Phi) is 5.44.